The summed E-state index contributed by atoms with van der Waals surface area (Å²) in [6.45, 7) is 9.24. The first kappa shape index (κ1) is 71.8. The summed E-state index contributed by atoms with van der Waals surface area (Å²) >= 11 is 5.09. The molecule has 1 aliphatic rings. The molecule has 0 atom stereocenters. The summed E-state index contributed by atoms with van der Waals surface area (Å²) in [7, 11) is 5.74. The Morgan fingerprint density at radius 2 is 0.614 bits per heavy atom. The van der Waals surface area contributed by atoms with Gasteiger partial charge in [-0.25, -0.2) is 0 Å². The van der Waals surface area contributed by atoms with Gasteiger partial charge < -0.3 is 0 Å². The molecule has 0 fully saturated rings. The molecule has 456 valence electrons. The standard InChI is InChI=1S/C26H38S2.C26H36S2.C10H4O2S2.9CH3.ClH.3Sn/c2*1-3-5-7-9-11-13-15-21-23-17-19-28-26(23)22(24-18-20-27-25(21)24)16-14-12-10-8-6-4-2;11-7-5-1-3-13-9(5)8(12)6-2-4-14-10(6)7;;;;;;;;;;;;;/h17-20H,3-16H2,1-2H3;17-18H,3-16H2,1-2H3;1-4H;9*1H3;1H;;;/q;;;;;;;;;;;;;;;+1/p-1. The van der Waals surface area contributed by atoms with Gasteiger partial charge >= 0.3 is 283 Å². The second-order valence-corrected chi connectivity index (χ2v) is 82.6. The summed E-state index contributed by atoms with van der Waals surface area (Å²) in [5.41, 5.74) is 7.87. The number of hydrogen-bond donors (Lipinski definition) is 0. The molecule has 1 aliphatic carbocycles. The van der Waals surface area contributed by atoms with Crippen molar-refractivity contribution in [3.05, 3.63) is 101 Å². The molecular formula is C71H105ClO2S6Sn3. The minimum absolute atomic E-state index is 0.00847. The first-order valence-corrected chi connectivity index (χ1v) is 69.9. The third-order valence-corrected chi connectivity index (χ3v) is 41.0. The molecule has 0 radical (unpaired) electrons. The van der Waals surface area contributed by atoms with Crippen molar-refractivity contribution in [1.29, 1.82) is 0 Å². The molecule has 0 N–H and O–H groups in total. The molecule has 2 nitrogen and oxygen atoms in total. The van der Waals surface area contributed by atoms with Gasteiger partial charge in [-0.3, -0.25) is 9.59 Å². The zero-order chi connectivity index (χ0) is 60.2. The average Bonchev–Trinajstić information content (AvgIpc) is 3.07. The molecule has 0 aliphatic heterocycles. The maximum atomic E-state index is 11.8. The van der Waals surface area contributed by atoms with Crippen LogP contribution >= 0.6 is 76.9 Å². The van der Waals surface area contributed by atoms with Crippen molar-refractivity contribution in [2.75, 3.05) is 0 Å². The van der Waals surface area contributed by atoms with Crippen LogP contribution in [0.5, 0.6) is 0 Å². The van der Waals surface area contributed by atoms with Crippen LogP contribution in [0.1, 0.15) is 235 Å². The van der Waals surface area contributed by atoms with E-state index in [0.29, 0.717) is 20.9 Å². The second-order valence-electron chi connectivity index (χ2n) is 26.6. The number of carbonyl (C=O) groups excluding carboxylic acids is 2. The van der Waals surface area contributed by atoms with E-state index in [1.807, 2.05) is 22.7 Å². The van der Waals surface area contributed by atoms with E-state index in [2.05, 4.69) is 130 Å². The molecule has 0 unspecified atom stereocenters. The number of hydrogen-bond acceptors (Lipinski definition) is 8. The maximum absolute atomic E-state index is 11.8. The van der Waals surface area contributed by atoms with Crippen LogP contribution in [0.3, 0.4) is 0 Å². The van der Waals surface area contributed by atoms with Gasteiger partial charge in [0.25, 0.3) is 0 Å². The number of aryl methyl sites for hydroxylation is 4. The summed E-state index contributed by atoms with van der Waals surface area (Å²) in [4.78, 5) is 47.0. The second kappa shape index (κ2) is 35.9. The van der Waals surface area contributed by atoms with Gasteiger partial charge in [0.1, 0.15) is 0 Å². The SMILES string of the molecule is CCCCCCCCc1c2c[c]([Sn]([CH3])([CH3])[CH3])sc2c(CCCCCCCC)c2c[c]([Sn]([CH3])([CH3])[CH3])sc12.CCCCCCCCc1c2ccsc2c(CCCCCCCC)c2ccsc12.O=C1c2ccsc2C(=O)c2ccsc21.[CH3][Sn]([CH3])([CH3])[Cl]. The monoisotopic (exact) mass is 1580 g/mol. The van der Waals surface area contributed by atoms with Gasteiger partial charge in [-0.1, -0.05) is 78.1 Å². The summed E-state index contributed by atoms with van der Waals surface area (Å²) in [6.07, 6.45) is 38.3. The van der Waals surface area contributed by atoms with Crippen LogP contribution in [-0.4, -0.2) is 65.6 Å². The Bertz CT molecular complexity index is 2880. The van der Waals surface area contributed by atoms with Gasteiger partial charge in [-0.2, -0.15) is 0 Å². The van der Waals surface area contributed by atoms with E-state index in [4.69, 9.17) is 8.92 Å². The van der Waals surface area contributed by atoms with E-state index in [9.17, 15) is 9.59 Å². The molecule has 12 heteroatoms. The van der Waals surface area contributed by atoms with Crippen molar-refractivity contribution in [2.45, 2.75) is 252 Å². The Kier molecular flexibility index (Phi) is 31.1. The van der Waals surface area contributed by atoms with E-state index >= 15 is 0 Å². The fourth-order valence-electron chi connectivity index (χ4n) is 11.4. The third-order valence-electron chi connectivity index (χ3n) is 16.0. The predicted octanol–water partition coefficient (Wildman–Crippen LogP) is 25.6. The first-order valence-electron chi connectivity index (χ1n) is 32.6. The summed E-state index contributed by atoms with van der Waals surface area (Å²) in [6, 6.07) is 13.7. The van der Waals surface area contributed by atoms with Gasteiger partial charge in [-0.15, -0.1) is 45.3 Å². The normalized spacial score (nSPS) is 12.7. The Balaban J connectivity index is 0.000000206. The number of thiophene rings is 6. The summed E-state index contributed by atoms with van der Waals surface area (Å²) < 4.78 is 10.1. The van der Waals surface area contributed by atoms with Gasteiger partial charge in [0.2, 0.25) is 11.6 Å². The van der Waals surface area contributed by atoms with Crippen LogP contribution < -0.4 is 5.79 Å². The summed E-state index contributed by atoms with van der Waals surface area (Å²) in [5.74, 6) is -0.0169. The molecule has 83 heavy (non-hydrogen) atoms. The average molecular weight is 1570 g/mol. The van der Waals surface area contributed by atoms with Crippen molar-refractivity contribution in [3.63, 3.8) is 0 Å². The van der Waals surface area contributed by atoms with Gasteiger partial charge in [0, 0.05) is 20.5 Å². The van der Waals surface area contributed by atoms with Gasteiger partial charge in [-0.05, 0) is 93.4 Å². The molecule has 6 aromatic heterocycles. The molecule has 8 aromatic rings. The molecule has 9 rings (SSSR count). The Hall–Kier alpha value is -0.294. The molecule has 0 bridgehead atoms. The van der Waals surface area contributed by atoms with E-state index in [1.54, 1.807) is 91.3 Å². The van der Waals surface area contributed by atoms with Gasteiger partial charge in [0.15, 0.2) is 0 Å². The molecule has 0 amide bonds. The van der Waals surface area contributed by atoms with E-state index in [0.717, 1.165) is 0 Å². The molecule has 0 spiro atoms. The van der Waals surface area contributed by atoms with E-state index < -0.39 is 54.0 Å². The van der Waals surface area contributed by atoms with Crippen LogP contribution in [-0.2, 0) is 25.7 Å². The molecule has 6 heterocycles. The van der Waals surface area contributed by atoms with Crippen LogP contribution in [0.2, 0.25) is 44.5 Å². The van der Waals surface area contributed by atoms with Crippen LogP contribution in [0, 0.1) is 0 Å². The zero-order valence-electron chi connectivity index (χ0n) is 53.7. The van der Waals surface area contributed by atoms with E-state index in [-0.39, 0.29) is 11.6 Å². The molecule has 0 saturated carbocycles. The Morgan fingerprint density at radius 3 is 0.904 bits per heavy atom. The molecular weight excluding hydrogens is 1470 g/mol. The number of benzene rings is 2. The fraction of sp³-hybridized carbons (Fsp3) is 0.577. The van der Waals surface area contributed by atoms with Crippen molar-refractivity contribution in [3.8, 4) is 0 Å². The minimum atomic E-state index is -2.13. The van der Waals surface area contributed by atoms with Crippen molar-refractivity contribution in [2.24, 2.45) is 0 Å². The van der Waals surface area contributed by atoms with Crippen LogP contribution in [0.25, 0.3) is 40.3 Å². The van der Waals surface area contributed by atoms with Crippen LogP contribution in [0.15, 0.2) is 57.9 Å². The molecule has 2 aromatic carbocycles. The molecule has 0 saturated heterocycles. The predicted molar refractivity (Wildman–Crippen MR) is 393 cm³/mol. The Morgan fingerprint density at radius 1 is 0.349 bits per heavy atom. The van der Waals surface area contributed by atoms with Crippen LogP contribution in [0.4, 0.5) is 0 Å². The van der Waals surface area contributed by atoms with Gasteiger partial charge in [0.05, 0.1) is 9.75 Å². The number of halogens is 1. The Labute approximate surface area is 544 Å². The number of carbonyl (C=O) groups is 2. The number of unbranched alkanes of at least 4 members (excludes halogenated alkanes) is 20. The topological polar surface area (TPSA) is 34.1 Å². The van der Waals surface area contributed by atoms with E-state index in [1.165, 1.54) is 202 Å². The van der Waals surface area contributed by atoms with Crippen molar-refractivity contribution in [1.82, 2.24) is 0 Å². The quantitative estimate of drug-likeness (QED) is 0.0332. The third kappa shape index (κ3) is 21.4. The van der Waals surface area contributed by atoms with Crippen molar-refractivity contribution >= 4 is 189 Å². The number of fused-ring (bicyclic) bond motifs is 6. The summed E-state index contributed by atoms with van der Waals surface area (Å²) in [5, 5.41) is 14.7. The number of rotatable bonds is 30. The van der Waals surface area contributed by atoms with Crippen molar-refractivity contribution < 1.29 is 9.59 Å². The zero-order valence-corrected chi connectivity index (χ0v) is 67.9. The fourth-order valence-corrected chi connectivity index (χ4v) is 28.0. The first-order chi connectivity index (χ1) is 39.7. The number of ketones is 2.